The van der Waals surface area contributed by atoms with Gasteiger partial charge in [-0.2, -0.15) is 0 Å². The molecule has 0 bridgehead atoms. The summed E-state index contributed by atoms with van der Waals surface area (Å²) >= 11 is 0. The average molecular weight is 233 g/mol. The van der Waals surface area contributed by atoms with Gasteiger partial charge in [0.2, 0.25) is 0 Å². The van der Waals surface area contributed by atoms with E-state index in [1.807, 2.05) is 18.2 Å². The van der Waals surface area contributed by atoms with E-state index in [2.05, 4.69) is 24.0 Å². The maximum Gasteiger partial charge on any atom is 0.152 e. The Hall–Kier alpha value is -1.02. The molecular formula is C15H23NO. The van der Waals surface area contributed by atoms with E-state index in [9.17, 15) is 0 Å². The molecule has 94 valence electrons. The summed E-state index contributed by atoms with van der Waals surface area (Å²) in [5, 5.41) is 0. The summed E-state index contributed by atoms with van der Waals surface area (Å²) in [5.74, 6) is 1.00. The van der Waals surface area contributed by atoms with Crippen molar-refractivity contribution < 1.29 is 4.74 Å². The zero-order valence-electron chi connectivity index (χ0n) is 10.8. The molecule has 0 aromatic heterocycles. The van der Waals surface area contributed by atoms with Gasteiger partial charge in [0.05, 0.1) is 0 Å². The van der Waals surface area contributed by atoms with Crippen molar-refractivity contribution in [3.63, 3.8) is 0 Å². The number of unbranched alkanes of at least 4 members (excludes halogenated alkanes) is 1. The van der Waals surface area contributed by atoms with Gasteiger partial charge in [0.15, 0.2) is 6.23 Å². The summed E-state index contributed by atoms with van der Waals surface area (Å²) in [6, 6.07) is 10.2. The van der Waals surface area contributed by atoms with Gasteiger partial charge in [-0.3, -0.25) is 4.90 Å². The summed E-state index contributed by atoms with van der Waals surface area (Å²) < 4.78 is 6.13. The lowest BCUT2D eigenvalue weighted by Gasteiger charge is -2.28. The fraction of sp³-hybridized carbons (Fsp3) is 0.600. The Labute approximate surface area is 105 Å². The van der Waals surface area contributed by atoms with Crippen LogP contribution in [0.25, 0.3) is 0 Å². The second-order valence-corrected chi connectivity index (χ2v) is 4.77. The second-order valence-electron chi connectivity index (χ2n) is 4.77. The Kier molecular flexibility index (Phi) is 4.87. The third-order valence-corrected chi connectivity index (χ3v) is 3.37. The van der Waals surface area contributed by atoms with Crippen LogP contribution in [0.4, 0.5) is 0 Å². The molecule has 1 aliphatic heterocycles. The third-order valence-electron chi connectivity index (χ3n) is 3.37. The third kappa shape index (κ3) is 3.74. The number of para-hydroxylation sites is 1. The van der Waals surface area contributed by atoms with Gasteiger partial charge in [0.1, 0.15) is 5.75 Å². The van der Waals surface area contributed by atoms with Gasteiger partial charge in [-0.1, -0.05) is 31.5 Å². The summed E-state index contributed by atoms with van der Waals surface area (Å²) in [6.45, 7) is 4.63. The SMILES string of the molecule is CCCCC(Oc1ccccc1)N1CCCC1. The number of rotatable bonds is 6. The number of hydrogen-bond donors (Lipinski definition) is 0. The van der Waals surface area contributed by atoms with Crippen LogP contribution in [0.1, 0.15) is 39.0 Å². The molecule has 1 heterocycles. The lowest BCUT2D eigenvalue weighted by atomic mass is 10.2. The Balaban J connectivity index is 1.94. The van der Waals surface area contributed by atoms with Gasteiger partial charge in [-0.25, -0.2) is 0 Å². The van der Waals surface area contributed by atoms with E-state index in [-0.39, 0.29) is 6.23 Å². The standard InChI is InChI=1S/C15H23NO/c1-2-3-11-15(16-12-7-8-13-16)17-14-9-5-4-6-10-14/h4-6,9-10,15H,2-3,7-8,11-13H2,1H3. The van der Waals surface area contributed by atoms with E-state index < -0.39 is 0 Å². The first-order valence-corrected chi connectivity index (χ1v) is 6.86. The zero-order chi connectivity index (χ0) is 11.9. The molecule has 1 saturated heterocycles. The predicted molar refractivity (Wildman–Crippen MR) is 71.2 cm³/mol. The van der Waals surface area contributed by atoms with E-state index in [4.69, 9.17) is 4.74 Å². The van der Waals surface area contributed by atoms with Crippen molar-refractivity contribution in [2.45, 2.75) is 45.3 Å². The fourth-order valence-electron chi connectivity index (χ4n) is 2.38. The van der Waals surface area contributed by atoms with Crippen LogP contribution in [0, 0.1) is 0 Å². The summed E-state index contributed by atoms with van der Waals surface area (Å²) in [4.78, 5) is 2.49. The van der Waals surface area contributed by atoms with E-state index in [0.717, 1.165) is 12.2 Å². The van der Waals surface area contributed by atoms with E-state index in [1.54, 1.807) is 0 Å². The van der Waals surface area contributed by atoms with Crippen LogP contribution >= 0.6 is 0 Å². The van der Waals surface area contributed by atoms with Crippen molar-refractivity contribution in [1.82, 2.24) is 4.90 Å². The highest BCUT2D eigenvalue weighted by Gasteiger charge is 2.22. The summed E-state index contributed by atoms with van der Waals surface area (Å²) in [6.07, 6.45) is 6.54. The van der Waals surface area contributed by atoms with Crippen molar-refractivity contribution >= 4 is 0 Å². The van der Waals surface area contributed by atoms with Gasteiger partial charge >= 0.3 is 0 Å². The molecular weight excluding hydrogens is 210 g/mol. The lowest BCUT2D eigenvalue weighted by molar-refractivity contribution is 0.0345. The first-order valence-electron chi connectivity index (χ1n) is 6.86. The van der Waals surface area contributed by atoms with E-state index in [0.29, 0.717) is 0 Å². The molecule has 0 N–H and O–H groups in total. The van der Waals surface area contributed by atoms with Gasteiger partial charge in [0.25, 0.3) is 0 Å². The smallest absolute Gasteiger partial charge is 0.152 e. The number of benzene rings is 1. The quantitative estimate of drug-likeness (QED) is 0.743. The Bertz CT molecular complexity index is 306. The van der Waals surface area contributed by atoms with Crippen LogP contribution in [-0.4, -0.2) is 24.2 Å². The van der Waals surface area contributed by atoms with E-state index >= 15 is 0 Å². The van der Waals surface area contributed by atoms with Crippen LogP contribution in [0.3, 0.4) is 0 Å². The van der Waals surface area contributed by atoms with Crippen LogP contribution < -0.4 is 4.74 Å². The molecule has 0 radical (unpaired) electrons. The molecule has 1 atom stereocenters. The van der Waals surface area contributed by atoms with Gasteiger partial charge < -0.3 is 4.74 Å². The first-order chi connectivity index (χ1) is 8.40. The molecule has 1 aliphatic rings. The van der Waals surface area contributed by atoms with Gasteiger partial charge in [-0.15, -0.1) is 0 Å². The van der Waals surface area contributed by atoms with Crippen molar-refractivity contribution in [1.29, 1.82) is 0 Å². The molecule has 1 aromatic rings. The van der Waals surface area contributed by atoms with Crippen LogP contribution in [-0.2, 0) is 0 Å². The van der Waals surface area contributed by atoms with Crippen molar-refractivity contribution in [2.24, 2.45) is 0 Å². The molecule has 0 saturated carbocycles. The Morgan fingerprint density at radius 3 is 2.53 bits per heavy atom. The van der Waals surface area contributed by atoms with Crippen LogP contribution in [0.2, 0.25) is 0 Å². The first kappa shape index (κ1) is 12.4. The Morgan fingerprint density at radius 1 is 1.18 bits per heavy atom. The van der Waals surface area contributed by atoms with Gasteiger partial charge in [0, 0.05) is 13.1 Å². The van der Waals surface area contributed by atoms with E-state index in [1.165, 1.54) is 38.8 Å². The molecule has 17 heavy (non-hydrogen) atoms. The monoisotopic (exact) mass is 233 g/mol. The minimum absolute atomic E-state index is 0.278. The molecule has 2 heteroatoms. The zero-order valence-corrected chi connectivity index (χ0v) is 10.8. The average Bonchev–Trinajstić information content (AvgIpc) is 2.89. The molecule has 2 rings (SSSR count). The largest absolute Gasteiger partial charge is 0.475 e. The maximum absolute atomic E-state index is 6.13. The highest BCUT2D eigenvalue weighted by Crippen LogP contribution is 2.20. The topological polar surface area (TPSA) is 12.5 Å². The number of likely N-dealkylation sites (tertiary alicyclic amines) is 1. The molecule has 0 spiro atoms. The van der Waals surface area contributed by atoms with Crippen molar-refractivity contribution in [2.75, 3.05) is 13.1 Å². The van der Waals surface area contributed by atoms with Crippen molar-refractivity contribution in [3.8, 4) is 5.75 Å². The molecule has 0 amide bonds. The normalized spacial score (nSPS) is 18.2. The van der Waals surface area contributed by atoms with Crippen LogP contribution in [0.15, 0.2) is 30.3 Å². The number of hydrogen-bond acceptors (Lipinski definition) is 2. The molecule has 1 fully saturated rings. The highest BCUT2D eigenvalue weighted by atomic mass is 16.5. The second kappa shape index (κ2) is 6.65. The minimum atomic E-state index is 0.278. The van der Waals surface area contributed by atoms with Crippen molar-refractivity contribution in [3.05, 3.63) is 30.3 Å². The van der Waals surface area contributed by atoms with Gasteiger partial charge in [-0.05, 0) is 37.8 Å². The maximum atomic E-state index is 6.13. The lowest BCUT2D eigenvalue weighted by Crippen LogP contribution is -2.37. The molecule has 0 aliphatic carbocycles. The van der Waals surface area contributed by atoms with Crippen LogP contribution in [0.5, 0.6) is 5.75 Å². The minimum Gasteiger partial charge on any atom is -0.475 e. The summed E-state index contributed by atoms with van der Waals surface area (Å²) in [7, 11) is 0. The molecule has 1 aromatic carbocycles. The highest BCUT2D eigenvalue weighted by molar-refractivity contribution is 5.21. The fourth-order valence-corrected chi connectivity index (χ4v) is 2.38. The summed E-state index contributed by atoms with van der Waals surface area (Å²) in [5.41, 5.74) is 0. The number of nitrogens with zero attached hydrogens (tertiary/aromatic N) is 1. The molecule has 1 unspecified atom stereocenters. The number of ether oxygens (including phenoxy) is 1. The molecule has 2 nitrogen and oxygen atoms in total. The predicted octanol–water partition coefficient (Wildman–Crippen LogP) is 3.68. The Morgan fingerprint density at radius 2 is 1.88 bits per heavy atom.